The number of halogens is 2. The van der Waals surface area contributed by atoms with Gasteiger partial charge in [-0.15, -0.1) is 0 Å². The molecule has 2 rings (SSSR count). The highest BCUT2D eigenvalue weighted by Crippen LogP contribution is 2.20. The van der Waals surface area contributed by atoms with Crippen molar-refractivity contribution < 1.29 is 4.79 Å². The van der Waals surface area contributed by atoms with E-state index in [1.54, 1.807) is 12.3 Å². The van der Waals surface area contributed by atoms with Crippen LogP contribution in [0.1, 0.15) is 16.1 Å². The Labute approximate surface area is 113 Å². The minimum absolute atomic E-state index is 0.111. The van der Waals surface area contributed by atoms with Crippen LogP contribution >= 0.6 is 23.2 Å². The van der Waals surface area contributed by atoms with Gasteiger partial charge in [-0.2, -0.15) is 0 Å². The number of nitrogens with zero attached hydrogens (tertiary/aromatic N) is 3. The Morgan fingerprint density at radius 2 is 2.06 bits per heavy atom. The first-order valence-corrected chi connectivity index (χ1v) is 5.73. The van der Waals surface area contributed by atoms with E-state index in [1.165, 1.54) is 12.4 Å². The highest BCUT2D eigenvalue weighted by Gasteiger charge is 2.11. The molecule has 0 atom stereocenters. The third-order valence-electron chi connectivity index (χ3n) is 2.06. The molecule has 0 aliphatic carbocycles. The predicted molar refractivity (Wildman–Crippen MR) is 69.0 cm³/mol. The van der Waals surface area contributed by atoms with Crippen LogP contribution in [-0.2, 0) is 0 Å². The summed E-state index contributed by atoms with van der Waals surface area (Å²) >= 11 is 11.5. The molecule has 92 valence electrons. The Kier molecular flexibility index (Phi) is 3.74. The molecule has 18 heavy (non-hydrogen) atoms. The van der Waals surface area contributed by atoms with E-state index in [0.29, 0.717) is 5.69 Å². The van der Waals surface area contributed by atoms with Crippen molar-refractivity contribution >= 4 is 34.8 Å². The fraction of sp³-hybridized carbons (Fsp3) is 0.0909. The Morgan fingerprint density at radius 3 is 2.78 bits per heavy atom. The number of aromatic nitrogens is 3. The molecule has 0 spiro atoms. The molecule has 2 aromatic heterocycles. The van der Waals surface area contributed by atoms with Crippen LogP contribution < -0.4 is 5.32 Å². The second-order valence-electron chi connectivity index (χ2n) is 3.53. The summed E-state index contributed by atoms with van der Waals surface area (Å²) in [6.45, 7) is 1.85. The van der Waals surface area contributed by atoms with Crippen LogP contribution in [0.2, 0.25) is 10.3 Å². The van der Waals surface area contributed by atoms with Crippen molar-refractivity contribution in [2.24, 2.45) is 0 Å². The van der Waals surface area contributed by atoms with Gasteiger partial charge in [0.1, 0.15) is 10.8 Å². The maximum absolute atomic E-state index is 11.9. The van der Waals surface area contributed by atoms with E-state index >= 15 is 0 Å². The van der Waals surface area contributed by atoms with Crippen LogP contribution in [0.25, 0.3) is 0 Å². The van der Waals surface area contributed by atoms with E-state index in [9.17, 15) is 4.79 Å². The largest absolute Gasteiger partial charge is 0.318 e. The second-order valence-corrected chi connectivity index (χ2v) is 4.28. The van der Waals surface area contributed by atoms with Gasteiger partial charge in [-0.05, 0) is 18.6 Å². The fourth-order valence-electron chi connectivity index (χ4n) is 1.28. The summed E-state index contributed by atoms with van der Waals surface area (Å²) < 4.78 is 0. The number of pyridine rings is 1. The van der Waals surface area contributed by atoms with Gasteiger partial charge in [0.05, 0.1) is 18.1 Å². The first-order valence-electron chi connectivity index (χ1n) is 4.97. The molecule has 0 aliphatic rings. The highest BCUT2D eigenvalue weighted by atomic mass is 35.5. The van der Waals surface area contributed by atoms with Crippen LogP contribution in [0.5, 0.6) is 0 Å². The molecular formula is C11H8Cl2N4O. The SMILES string of the molecule is Cc1cnc(Cl)c(NC(=O)c2cncc(Cl)n2)c1. The van der Waals surface area contributed by atoms with Gasteiger partial charge in [-0.1, -0.05) is 23.2 Å². The normalized spacial score (nSPS) is 10.2. The molecule has 1 N–H and O–H groups in total. The third-order valence-corrected chi connectivity index (χ3v) is 2.55. The molecule has 0 bridgehead atoms. The van der Waals surface area contributed by atoms with Crippen LogP contribution in [-0.4, -0.2) is 20.9 Å². The number of carbonyl (C=O) groups excluding carboxylic acids is 1. The molecule has 0 aliphatic heterocycles. The summed E-state index contributed by atoms with van der Waals surface area (Å²) in [5.74, 6) is -0.445. The predicted octanol–water partition coefficient (Wildman–Crippen LogP) is 2.74. The molecule has 1 amide bonds. The summed E-state index contributed by atoms with van der Waals surface area (Å²) in [7, 11) is 0. The molecule has 2 aromatic rings. The van der Waals surface area contributed by atoms with Gasteiger partial charge in [0.25, 0.3) is 5.91 Å². The Bertz CT molecular complexity index is 603. The van der Waals surface area contributed by atoms with Crippen LogP contribution in [0.15, 0.2) is 24.7 Å². The third kappa shape index (κ3) is 2.94. The van der Waals surface area contributed by atoms with E-state index in [0.717, 1.165) is 5.56 Å². The minimum atomic E-state index is -0.445. The topological polar surface area (TPSA) is 67.8 Å². The molecule has 2 heterocycles. The molecule has 0 radical (unpaired) electrons. The molecule has 0 unspecified atom stereocenters. The van der Waals surface area contributed by atoms with E-state index < -0.39 is 5.91 Å². The van der Waals surface area contributed by atoms with Gasteiger partial charge in [-0.3, -0.25) is 9.78 Å². The lowest BCUT2D eigenvalue weighted by Gasteiger charge is -2.06. The first-order chi connectivity index (χ1) is 8.56. The highest BCUT2D eigenvalue weighted by molar-refractivity contribution is 6.32. The van der Waals surface area contributed by atoms with Crippen molar-refractivity contribution in [3.8, 4) is 0 Å². The van der Waals surface area contributed by atoms with Crippen molar-refractivity contribution in [1.82, 2.24) is 15.0 Å². The summed E-state index contributed by atoms with van der Waals surface area (Å²) in [4.78, 5) is 23.4. The maximum atomic E-state index is 11.9. The van der Waals surface area contributed by atoms with E-state index in [1.807, 2.05) is 6.92 Å². The number of anilines is 1. The molecule has 0 fully saturated rings. The van der Waals surface area contributed by atoms with Crippen molar-refractivity contribution in [2.45, 2.75) is 6.92 Å². The fourth-order valence-corrected chi connectivity index (χ4v) is 1.58. The van der Waals surface area contributed by atoms with Crippen molar-refractivity contribution in [1.29, 1.82) is 0 Å². The standard InChI is InChI=1S/C11H8Cl2N4O/c1-6-2-7(10(13)15-3-6)17-11(18)8-4-14-5-9(12)16-8/h2-5H,1H3,(H,17,18). The van der Waals surface area contributed by atoms with Crippen molar-refractivity contribution in [2.75, 3.05) is 5.32 Å². The van der Waals surface area contributed by atoms with E-state index in [4.69, 9.17) is 23.2 Å². The monoisotopic (exact) mass is 282 g/mol. The number of aryl methyl sites for hydroxylation is 1. The van der Waals surface area contributed by atoms with Gasteiger partial charge in [-0.25, -0.2) is 9.97 Å². The lowest BCUT2D eigenvalue weighted by molar-refractivity contribution is 0.102. The summed E-state index contributed by atoms with van der Waals surface area (Å²) in [5.41, 5.74) is 1.41. The number of carbonyl (C=O) groups is 1. The molecule has 0 saturated carbocycles. The number of hydrogen-bond acceptors (Lipinski definition) is 4. The second kappa shape index (κ2) is 5.29. The Morgan fingerprint density at radius 1 is 1.28 bits per heavy atom. The van der Waals surface area contributed by atoms with Crippen LogP contribution in [0, 0.1) is 6.92 Å². The Hall–Kier alpha value is -1.72. The maximum Gasteiger partial charge on any atom is 0.276 e. The number of rotatable bonds is 2. The first kappa shape index (κ1) is 12.7. The van der Waals surface area contributed by atoms with Gasteiger partial charge < -0.3 is 5.32 Å². The minimum Gasteiger partial charge on any atom is -0.318 e. The number of amides is 1. The average Bonchev–Trinajstić information content (AvgIpc) is 2.34. The molecular weight excluding hydrogens is 275 g/mol. The molecule has 5 nitrogen and oxygen atoms in total. The summed E-state index contributed by atoms with van der Waals surface area (Å²) in [5, 5.41) is 2.96. The van der Waals surface area contributed by atoms with Gasteiger partial charge in [0, 0.05) is 6.20 Å². The molecule has 0 saturated heterocycles. The Balaban J connectivity index is 2.24. The number of hydrogen-bond donors (Lipinski definition) is 1. The zero-order valence-electron chi connectivity index (χ0n) is 9.32. The van der Waals surface area contributed by atoms with E-state index in [-0.39, 0.29) is 16.0 Å². The van der Waals surface area contributed by atoms with Gasteiger partial charge >= 0.3 is 0 Å². The summed E-state index contributed by atoms with van der Waals surface area (Å²) in [6, 6.07) is 1.71. The van der Waals surface area contributed by atoms with Gasteiger partial charge in [0.15, 0.2) is 5.15 Å². The summed E-state index contributed by atoms with van der Waals surface area (Å²) in [6.07, 6.45) is 4.27. The molecule has 7 heteroatoms. The number of nitrogens with one attached hydrogen (secondary N) is 1. The lowest BCUT2D eigenvalue weighted by Crippen LogP contribution is -2.14. The van der Waals surface area contributed by atoms with Crippen molar-refractivity contribution in [3.63, 3.8) is 0 Å². The van der Waals surface area contributed by atoms with E-state index in [2.05, 4.69) is 20.3 Å². The zero-order valence-corrected chi connectivity index (χ0v) is 10.8. The van der Waals surface area contributed by atoms with Gasteiger partial charge in [0.2, 0.25) is 0 Å². The average molecular weight is 283 g/mol. The molecule has 0 aromatic carbocycles. The quantitative estimate of drug-likeness (QED) is 0.860. The lowest BCUT2D eigenvalue weighted by atomic mass is 10.3. The van der Waals surface area contributed by atoms with Crippen molar-refractivity contribution in [3.05, 3.63) is 46.2 Å². The van der Waals surface area contributed by atoms with Crippen LogP contribution in [0.4, 0.5) is 5.69 Å². The zero-order chi connectivity index (χ0) is 13.1. The van der Waals surface area contributed by atoms with Crippen LogP contribution in [0.3, 0.4) is 0 Å². The smallest absolute Gasteiger partial charge is 0.276 e.